The number of nitriles is 1. The third-order valence-corrected chi connectivity index (χ3v) is 6.22. The summed E-state index contributed by atoms with van der Waals surface area (Å²) in [4.78, 5) is 31.0. The van der Waals surface area contributed by atoms with Crippen LogP contribution in [0.4, 0.5) is 15.8 Å². The number of pyridine rings is 1. The summed E-state index contributed by atoms with van der Waals surface area (Å²) in [7, 11) is 1.80. The molecule has 2 heterocycles. The first-order chi connectivity index (χ1) is 17.8. The molecule has 184 valence electrons. The maximum atomic E-state index is 15.5. The Morgan fingerprint density at radius 2 is 1.86 bits per heavy atom. The highest BCUT2D eigenvalue weighted by Crippen LogP contribution is 2.49. The number of hydrogen-bond donors (Lipinski definition) is 1. The number of halogens is 1. The molecule has 37 heavy (non-hydrogen) atoms. The van der Waals surface area contributed by atoms with Crippen LogP contribution in [0.15, 0.2) is 73.2 Å². The first-order valence-electron chi connectivity index (χ1n) is 11.4. The van der Waals surface area contributed by atoms with E-state index in [1.807, 2.05) is 12.3 Å². The summed E-state index contributed by atoms with van der Waals surface area (Å²) in [6.07, 6.45) is 5.64. The molecule has 1 aliphatic rings. The first kappa shape index (κ1) is 23.7. The summed E-state index contributed by atoms with van der Waals surface area (Å²) in [6.45, 7) is 0. The van der Waals surface area contributed by atoms with E-state index < -0.39 is 23.0 Å². The average Bonchev–Trinajstić information content (AvgIpc) is 3.61. The van der Waals surface area contributed by atoms with E-state index in [0.29, 0.717) is 22.7 Å². The topological polar surface area (TPSA) is 127 Å². The van der Waals surface area contributed by atoms with Crippen LogP contribution >= 0.6 is 0 Å². The monoisotopic (exact) mass is 496 g/mol. The zero-order valence-electron chi connectivity index (χ0n) is 19.8. The molecule has 2 amide bonds. The number of nitrogens with two attached hydrogens (primary N) is 1. The third-order valence-electron chi connectivity index (χ3n) is 6.22. The number of rotatable bonds is 7. The molecule has 2 aromatic carbocycles. The molecule has 9 nitrogen and oxygen atoms in total. The van der Waals surface area contributed by atoms with E-state index in [0.717, 1.165) is 16.5 Å². The molecule has 0 aliphatic heterocycles. The zero-order valence-corrected chi connectivity index (χ0v) is 19.8. The lowest BCUT2D eigenvalue weighted by molar-refractivity contribution is -0.133. The molecular weight excluding hydrogens is 475 g/mol. The van der Waals surface area contributed by atoms with Crippen molar-refractivity contribution in [2.45, 2.75) is 12.8 Å². The summed E-state index contributed by atoms with van der Waals surface area (Å²) < 4.78 is 23.0. The summed E-state index contributed by atoms with van der Waals surface area (Å²) in [5, 5.41) is 13.2. The highest BCUT2D eigenvalue weighted by Gasteiger charge is 2.57. The molecule has 5 rings (SSSR count). The van der Waals surface area contributed by atoms with Gasteiger partial charge in [-0.3, -0.25) is 24.2 Å². The molecule has 1 aliphatic carbocycles. The Balaban J connectivity index is 1.47. The maximum absolute atomic E-state index is 15.5. The molecular formula is C27H21FN6O3. The fourth-order valence-electron chi connectivity index (χ4n) is 4.01. The number of aryl methyl sites for hydroxylation is 1. The Kier molecular flexibility index (Phi) is 5.89. The number of amides is 2. The van der Waals surface area contributed by atoms with Crippen molar-refractivity contribution in [1.82, 2.24) is 14.8 Å². The second-order valence-electron chi connectivity index (χ2n) is 8.74. The summed E-state index contributed by atoms with van der Waals surface area (Å²) in [5.41, 5.74) is 6.19. The Morgan fingerprint density at radius 3 is 2.46 bits per heavy atom. The van der Waals surface area contributed by atoms with Gasteiger partial charge >= 0.3 is 0 Å². The van der Waals surface area contributed by atoms with Gasteiger partial charge in [0.2, 0.25) is 11.8 Å². The zero-order chi connectivity index (χ0) is 26.2. The molecule has 2 aromatic heterocycles. The van der Waals surface area contributed by atoms with E-state index in [-0.39, 0.29) is 24.3 Å². The van der Waals surface area contributed by atoms with Crippen LogP contribution in [-0.2, 0) is 16.6 Å². The smallest absolute Gasteiger partial charge is 0.247 e. The summed E-state index contributed by atoms with van der Waals surface area (Å²) >= 11 is 0. The van der Waals surface area contributed by atoms with Gasteiger partial charge in [0.25, 0.3) is 0 Å². The highest BCUT2D eigenvalue weighted by atomic mass is 19.1. The fourth-order valence-corrected chi connectivity index (χ4v) is 4.01. The second kappa shape index (κ2) is 9.20. The average molecular weight is 497 g/mol. The Morgan fingerprint density at radius 1 is 1.14 bits per heavy atom. The van der Waals surface area contributed by atoms with Gasteiger partial charge in [0.1, 0.15) is 16.9 Å². The predicted octanol–water partition coefficient (Wildman–Crippen LogP) is 4.22. The molecule has 0 atom stereocenters. The van der Waals surface area contributed by atoms with Crippen molar-refractivity contribution in [3.63, 3.8) is 0 Å². The van der Waals surface area contributed by atoms with Gasteiger partial charge in [0, 0.05) is 42.8 Å². The maximum Gasteiger partial charge on any atom is 0.247 e. The van der Waals surface area contributed by atoms with Crippen LogP contribution in [0.5, 0.6) is 11.5 Å². The number of benzene rings is 2. The lowest BCUT2D eigenvalue weighted by atomic mass is 10.0. The van der Waals surface area contributed by atoms with Gasteiger partial charge in [-0.05, 0) is 55.3 Å². The Bertz CT molecular complexity index is 1550. The van der Waals surface area contributed by atoms with Crippen molar-refractivity contribution in [3.8, 4) is 28.8 Å². The van der Waals surface area contributed by atoms with Crippen LogP contribution in [0.1, 0.15) is 18.4 Å². The van der Waals surface area contributed by atoms with E-state index >= 15 is 4.39 Å². The number of primary amides is 1. The molecule has 1 saturated carbocycles. The minimum atomic E-state index is -1.38. The van der Waals surface area contributed by atoms with E-state index in [9.17, 15) is 9.59 Å². The lowest BCUT2D eigenvalue weighted by Crippen LogP contribution is -2.41. The SMILES string of the molecule is Cn1cc(-c2cc(Oc3ccc(N(C(=O)C4(C(N)=O)CC4)c4ccc(C#N)cc4)c(F)c3)ccn2)cn1. The van der Waals surface area contributed by atoms with Gasteiger partial charge < -0.3 is 10.5 Å². The third kappa shape index (κ3) is 4.50. The lowest BCUT2D eigenvalue weighted by Gasteiger charge is -2.27. The predicted molar refractivity (Wildman–Crippen MR) is 132 cm³/mol. The van der Waals surface area contributed by atoms with Crippen molar-refractivity contribution in [2.75, 3.05) is 4.90 Å². The largest absolute Gasteiger partial charge is 0.457 e. The van der Waals surface area contributed by atoms with Gasteiger partial charge in [0.05, 0.1) is 29.2 Å². The first-order valence-corrected chi connectivity index (χ1v) is 11.4. The van der Waals surface area contributed by atoms with Crippen molar-refractivity contribution < 1.29 is 18.7 Å². The van der Waals surface area contributed by atoms with E-state index in [1.165, 1.54) is 36.4 Å². The van der Waals surface area contributed by atoms with Crippen molar-refractivity contribution in [1.29, 1.82) is 5.26 Å². The number of carbonyl (C=O) groups is 2. The number of hydrogen-bond acceptors (Lipinski definition) is 6. The van der Waals surface area contributed by atoms with Crippen LogP contribution < -0.4 is 15.4 Å². The number of carbonyl (C=O) groups excluding carboxylic acids is 2. The molecule has 4 aromatic rings. The summed E-state index contributed by atoms with van der Waals surface area (Å²) in [6, 6.07) is 15.5. The second-order valence-corrected chi connectivity index (χ2v) is 8.74. The fraction of sp³-hybridized carbons (Fsp3) is 0.148. The van der Waals surface area contributed by atoms with Crippen molar-refractivity contribution in [2.24, 2.45) is 18.2 Å². The molecule has 10 heteroatoms. The minimum Gasteiger partial charge on any atom is -0.457 e. The quantitative estimate of drug-likeness (QED) is 0.382. The number of nitrogens with zero attached hydrogens (tertiary/aromatic N) is 5. The molecule has 0 spiro atoms. The molecule has 0 bridgehead atoms. The summed E-state index contributed by atoms with van der Waals surface area (Å²) in [5.74, 6) is -1.47. The minimum absolute atomic E-state index is 0.0691. The van der Waals surface area contributed by atoms with Gasteiger partial charge in [-0.1, -0.05) is 0 Å². The van der Waals surface area contributed by atoms with Crippen LogP contribution in [-0.4, -0.2) is 26.6 Å². The molecule has 0 radical (unpaired) electrons. The molecule has 0 saturated heterocycles. The van der Waals surface area contributed by atoms with Gasteiger partial charge in [0.15, 0.2) is 5.82 Å². The van der Waals surface area contributed by atoms with Crippen LogP contribution in [0.2, 0.25) is 0 Å². The molecule has 2 N–H and O–H groups in total. The number of anilines is 2. The molecule has 0 unspecified atom stereocenters. The Hall–Kier alpha value is -5.04. The van der Waals surface area contributed by atoms with Crippen LogP contribution in [0.3, 0.4) is 0 Å². The highest BCUT2D eigenvalue weighted by molar-refractivity contribution is 6.16. The van der Waals surface area contributed by atoms with E-state index in [4.69, 9.17) is 15.7 Å². The van der Waals surface area contributed by atoms with Crippen LogP contribution in [0, 0.1) is 22.6 Å². The normalized spacial score (nSPS) is 13.4. The standard InChI is InChI=1S/C27H21FN6O3/c1-33-16-18(15-32-33)23-13-21(8-11-31-23)37-20-6-7-24(22(28)12-20)34(19-4-2-17(14-29)3-5-19)26(36)27(9-10-27)25(30)35/h2-8,11-13,15-16H,9-10H2,1H3,(H2,30,35). The van der Waals surface area contributed by atoms with E-state index in [1.54, 1.807) is 36.3 Å². The van der Waals surface area contributed by atoms with Gasteiger partial charge in [-0.25, -0.2) is 4.39 Å². The molecule has 1 fully saturated rings. The number of ether oxygens (including phenoxy) is 1. The van der Waals surface area contributed by atoms with Crippen molar-refractivity contribution >= 4 is 23.2 Å². The van der Waals surface area contributed by atoms with Gasteiger partial charge in [-0.2, -0.15) is 10.4 Å². The Labute approximate surface area is 211 Å². The number of aromatic nitrogens is 3. The van der Waals surface area contributed by atoms with Crippen LogP contribution in [0.25, 0.3) is 11.3 Å². The van der Waals surface area contributed by atoms with E-state index in [2.05, 4.69) is 10.1 Å². The van der Waals surface area contributed by atoms with Gasteiger partial charge in [-0.15, -0.1) is 0 Å². The van der Waals surface area contributed by atoms with Crippen molar-refractivity contribution in [3.05, 3.63) is 84.6 Å².